The Morgan fingerprint density at radius 3 is 1.67 bits per heavy atom. The second-order valence-corrected chi connectivity index (χ2v) is 24.1. The van der Waals surface area contributed by atoms with E-state index in [0.717, 1.165) is 49.8 Å². The summed E-state index contributed by atoms with van der Waals surface area (Å²) in [6.07, 6.45) is 6.22. The average Bonchev–Trinajstić information content (AvgIpc) is 3.34. The maximum atomic E-state index is 13.1. The Morgan fingerprint density at radius 1 is 0.623 bits per heavy atom. The number of hydrogen-bond donors (Lipinski definition) is 1. The van der Waals surface area contributed by atoms with Gasteiger partial charge in [-0.05, 0) is 104 Å². The molecule has 6 rings (SSSR count). The fourth-order valence-electron chi connectivity index (χ4n) is 7.76. The zero-order valence-corrected chi connectivity index (χ0v) is 43.6. The Kier molecular flexibility index (Phi) is 20.0. The Labute approximate surface area is 411 Å². The molecule has 69 heavy (non-hydrogen) atoms. The first-order chi connectivity index (χ1) is 33.0. The molecule has 3 atom stereocenters. The number of carbonyl (C=O) groups is 1. The van der Waals surface area contributed by atoms with Crippen LogP contribution in [0.2, 0.25) is 18.1 Å². The average molecular weight is 971 g/mol. The highest BCUT2D eigenvalue weighted by molar-refractivity contribution is 6.74. The van der Waals surface area contributed by atoms with Crippen molar-refractivity contribution in [2.75, 3.05) is 75.4 Å². The molecule has 2 heterocycles. The summed E-state index contributed by atoms with van der Waals surface area (Å²) < 4.78 is 60.2. The Bertz CT molecular complexity index is 2300. The van der Waals surface area contributed by atoms with E-state index in [1.165, 1.54) is 0 Å². The van der Waals surface area contributed by atoms with E-state index in [1.54, 1.807) is 52.7 Å². The minimum absolute atomic E-state index is 0.0163. The Balaban J connectivity index is 0.000000290. The van der Waals surface area contributed by atoms with E-state index in [0.29, 0.717) is 52.0 Å². The van der Waals surface area contributed by atoms with Crippen LogP contribution < -0.4 is 28.4 Å². The van der Waals surface area contributed by atoms with Crippen molar-refractivity contribution < 1.29 is 61.7 Å². The number of rotatable bonds is 22. The summed E-state index contributed by atoms with van der Waals surface area (Å²) in [4.78, 5) is 13.1. The van der Waals surface area contributed by atoms with Crippen LogP contribution in [-0.2, 0) is 39.8 Å². The van der Waals surface area contributed by atoms with E-state index >= 15 is 0 Å². The van der Waals surface area contributed by atoms with Gasteiger partial charge in [0.25, 0.3) is 0 Å². The zero-order valence-electron chi connectivity index (χ0n) is 42.6. The summed E-state index contributed by atoms with van der Waals surface area (Å²) in [5.74, 6) is 10.3. The van der Waals surface area contributed by atoms with E-state index in [9.17, 15) is 9.90 Å². The van der Waals surface area contributed by atoms with Crippen molar-refractivity contribution in [3.8, 4) is 46.3 Å². The molecule has 0 spiro atoms. The van der Waals surface area contributed by atoms with Gasteiger partial charge in [-0.15, -0.1) is 0 Å². The standard InChI is InChI=1S/C35H52O7Si.C20H22O6/c1-33(2,3)43(7,8)42-23-15-13-11-9-10-12-14-22-35(36)31-21-20-30(41-27-38-6)24-32(31)39-25-34(35,4)28-16-18-29(19-17-28)40-26-37-5;1-20(14-4-6-15(7-5-14)25-12-22-2)11-24-18-10-16(26-13-23-3)8-9-17(18)19(20)21/h16-21,24,36H,9-13,15,23,25-27H2,1-8H3;4-10H,11-13H2,1-3H3. The van der Waals surface area contributed by atoms with Crippen LogP contribution in [0.3, 0.4) is 0 Å². The molecular formula is C55H74O13Si. The molecule has 0 aliphatic carbocycles. The molecule has 2 aliphatic rings. The molecule has 0 saturated heterocycles. The number of Topliss-reactive ketones (excluding diaryl/α,β-unsaturated/α-hetero) is 1. The van der Waals surface area contributed by atoms with Gasteiger partial charge in [0, 0.05) is 59.2 Å². The van der Waals surface area contributed by atoms with Crippen molar-refractivity contribution in [3.05, 3.63) is 107 Å². The topological polar surface area (TPSA) is 139 Å². The van der Waals surface area contributed by atoms with Crippen LogP contribution in [0.15, 0.2) is 84.9 Å². The van der Waals surface area contributed by atoms with Gasteiger partial charge in [0.2, 0.25) is 0 Å². The molecular weight excluding hydrogens is 897 g/mol. The number of carbonyl (C=O) groups excluding carboxylic acids is 1. The fraction of sp³-hybridized carbons (Fsp3) is 0.509. The van der Waals surface area contributed by atoms with Gasteiger partial charge < -0.3 is 56.9 Å². The number of aliphatic hydroxyl groups is 1. The predicted molar refractivity (Wildman–Crippen MR) is 268 cm³/mol. The molecule has 0 bridgehead atoms. The third-order valence-electron chi connectivity index (χ3n) is 13.2. The Hall–Kier alpha value is -5.11. The molecule has 0 radical (unpaired) electrons. The third kappa shape index (κ3) is 13.8. The molecule has 376 valence electrons. The van der Waals surface area contributed by atoms with Gasteiger partial charge in [-0.25, -0.2) is 0 Å². The van der Waals surface area contributed by atoms with Gasteiger partial charge in [-0.2, -0.15) is 0 Å². The molecule has 4 aromatic rings. The SMILES string of the molecule is COCOc1ccc(C2(C)COc3cc(OCOC)ccc3C2(O)C#CCCCCCCCO[Si](C)(C)C(C)(C)C)cc1.COCOc1ccc(C2(C)COc3cc(OCOC)ccc3C2=O)cc1. The summed E-state index contributed by atoms with van der Waals surface area (Å²) in [6, 6.07) is 25.7. The minimum Gasteiger partial charge on any atom is -0.492 e. The zero-order chi connectivity index (χ0) is 50.1. The van der Waals surface area contributed by atoms with Crippen LogP contribution in [0.25, 0.3) is 0 Å². The molecule has 14 heteroatoms. The van der Waals surface area contributed by atoms with Gasteiger partial charge in [0.15, 0.2) is 46.9 Å². The van der Waals surface area contributed by atoms with E-state index in [1.807, 2.05) is 74.5 Å². The van der Waals surface area contributed by atoms with Crippen LogP contribution in [0.4, 0.5) is 0 Å². The number of unbranched alkanes of at least 4 members (excludes halogenated alkanes) is 5. The lowest BCUT2D eigenvalue weighted by molar-refractivity contribution is -0.0274. The molecule has 4 aromatic carbocycles. The van der Waals surface area contributed by atoms with Crippen molar-refractivity contribution >= 4 is 14.1 Å². The highest BCUT2D eigenvalue weighted by atomic mass is 28.4. The molecule has 0 fully saturated rings. The van der Waals surface area contributed by atoms with E-state index in [-0.39, 0.29) is 51.2 Å². The highest BCUT2D eigenvalue weighted by Gasteiger charge is 2.53. The van der Waals surface area contributed by atoms with E-state index < -0.39 is 24.7 Å². The smallest absolute Gasteiger partial charge is 0.191 e. The van der Waals surface area contributed by atoms with Crippen LogP contribution in [0.1, 0.15) is 100 Å². The lowest BCUT2D eigenvalue weighted by atomic mass is 9.64. The molecule has 0 aromatic heterocycles. The highest BCUT2D eigenvalue weighted by Crippen LogP contribution is 2.50. The first-order valence-electron chi connectivity index (χ1n) is 23.6. The summed E-state index contributed by atoms with van der Waals surface area (Å²) in [7, 11) is 4.61. The third-order valence-corrected chi connectivity index (χ3v) is 17.8. The largest absolute Gasteiger partial charge is 0.492 e. The number of fused-ring (bicyclic) bond motifs is 2. The number of ether oxygens (including phenoxy) is 10. The van der Waals surface area contributed by atoms with Crippen LogP contribution in [-0.4, -0.2) is 94.6 Å². The summed E-state index contributed by atoms with van der Waals surface area (Å²) >= 11 is 0. The van der Waals surface area contributed by atoms with Crippen molar-refractivity contribution in [1.29, 1.82) is 0 Å². The van der Waals surface area contributed by atoms with Gasteiger partial charge in [0.1, 0.15) is 47.7 Å². The molecule has 0 saturated carbocycles. The molecule has 1 N–H and O–H groups in total. The fourth-order valence-corrected chi connectivity index (χ4v) is 8.84. The first kappa shape index (κ1) is 54.8. The van der Waals surface area contributed by atoms with E-state index in [2.05, 4.69) is 45.7 Å². The minimum atomic E-state index is -1.67. The summed E-state index contributed by atoms with van der Waals surface area (Å²) in [6.45, 7) is 17.3. The maximum Gasteiger partial charge on any atom is 0.191 e. The number of hydrogen-bond acceptors (Lipinski definition) is 13. The Morgan fingerprint density at radius 2 is 1.10 bits per heavy atom. The lowest BCUT2D eigenvalue weighted by Crippen LogP contribution is -2.53. The normalized spacial score (nSPS) is 19.6. The second-order valence-electron chi connectivity index (χ2n) is 19.3. The summed E-state index contributed by atoms with van der Waals surface area (Å²) in [5.41, 5.74) is -0.121. The molecule has 0 amide bonds. The van der Waals surface area contributed by atoms with Crippen molar-refractivity contribution in [1.82, 2.24) is 0 Å². The van der Waals surface area contributed by atoms with Crippen LogP contribution in [0.5, 0.6) is 34.5 Å². The number of methoxy groups -OCH3 is 4. The predicted octanol–water partition coefficient (Wildman–Crippen LogP) is 10.7. The number of ketones is 1. The second kappa shape index (κ2) is 25.1. The van der Waals surface area contributed by atoms with Gasteiger partial charge in [0.05, 0.1) is 16.4 Å². The van der Waals surface area contributed by atoms with E-state index in [4.69, 9.17) is 51.8 Å². The van der Waals surface area contributed by atoms with Crippen LogP contribution >= 0.6 is 0 Å². The number of benzene rings is 4. The van der Waals surface area contributed by atoms with Gasteiger partial charge >= 0.3 is 0 Å². The molecule has 2 aliphatic heterocycles. The van der Waals surface area contributed by atoms with Gasteiger partial charge in [-0.1, -0.05) is 76.1 Å². The maximum absolute atomic E-state index is 13.1. The van der Waals surface area contributed by atoms with Crippen molar-refractivity contribution in [2.45, 2.75) is 108 Å². The van der Waals surface area contributed by atoms with Crippen LogP contribution in [0, 0.1) is 11.8 Å². The first-order valence-corrected chi connectivity index (χ1v) is 26.5. The summed E-state index contributed by atoms with van der Waals surface area (Å²) in [5, 5.41) is 12.7. The monoisotopic (exact) mass is 970 g/mol. The molecule has 13 nitrogen and oxygen atoms in total. The van der Waals surface area contributed by atoms with Gasteiger partial charge in [-0.3, -0.25) is 4.79 Å². The quantitative estimate of drug-likeness (QED) is 0.0346. The lowest BCUT2D eigenvalue weighted by Gasteiger charge is -2.46. The van der Waals surface area contributed by atoms with Crippen molar-refractivity contribution in [2.24, 2.45) is 0 Å². The van der Waals surface area contributed by atoms with Crippen molar-refractivity contribution in [3.63, 3.8) is 0 Å². The molecule has 3 unspecified atom stereocenters.